The number of aliphatic imine (C=N–C) groups is 1. The zero-order chi connectivity index (χ0) is 30.5. The lowest BCUT2D eigenvalue weighted by Gasteiger charge is -2.43. The van der Waals surface area contributed by atoms with Gasteiger partial charge < -0.3 is 28.1 Å². The van der Waals surface area contributed by atoms with Crippen molar-refractivity contribution in [2.75, 3.05) is 34.1 Å². The summed E-state index contributed by atoms with van der Waals surface area (Å²) in [6.45, 7) is 9.96. The fraction of sp³-hybridized carbons (Fsp3) is 0.424. The molecule has 4 aromatic rings. The second-order valence-electron chi connectivity index (χ2n) is 12.0. The summed E-state index contributed by atoms with van der Waals surface area (Å²) in [5.41, 5.74) is 0.767. The quantitative estimate of drug-likeness (QED) is 0.0751. The SMILES string of the molecule is CCOCOC1C[C@H](n2ccc3c(N=CN(C)C)ncnc32)O[C@@H]1CO[Si](c1ccccc1)(c1ccccc1)C(C)(C)C. The molecule has 1 unspecified atom stereocenters. The van der Waals surface area contributed by atoms with Gasteiger partial charge in [-0.15, -0.1) is 0 Å². The maximum absolute atomic E-state index is 7.25. The summed E-state index contributed by atoms with van der Waals surface area (Å²) in [5.74, 6) is 0.617. The average molecular weight is 602 g/mol. The van der Waals surface area contributed by atoms with E-state index in [1.165, 1.54) is 10.4 Å². The Balaban J connectivity index is 1.47. The molecule has 2 aromatic heterocycles. The molecule has 0 amide bonds. The van der Waals surface area contributed by atoms with Crippen LogP contribution in [0, 0.1) is 0 Å². The molecule has 3 heterocycles. The standard InChI is InChI=1S/C33H43N5O4Si/c1-7-39-24-40-28-20-30(38-19-18-27-31(36-23-37(5)6)34-22-35-32(27)38)42-29(28)21-41-43(33(2,3)4,25-14-10-8-11-15-25)26-16-12-9-13-17-26/h8-19,22-23,28-30H,7,20-21,24H2,1-6H3/t28?,29-,30-/m1/s1. The first-order valence-electron chi connectivity index (χ1n) is 14.9. The van der Waals surface area contributed by atoms with Crippen molar-refractivity contribution >= 4 is 41.9 Å². The molecule has 0 saturated carbocycles. The zero-order valence-electron chi connectivity index (χ0n) is 26.0. The van der Waals surface area contributed by atoms with Crippen LogP contribution in [0.25, 0.3) is 11.0 Å². The highest BCUT2D eigenvalue weighted by molar-refractivity contribution is 6.99. The molecular weight excluding hydrogens is 558 g/mol. The van der Waals surface area contributed by atoms with Crippen LogP contribution in [0.1, 0.15) is 40.3 Å². The molecule has 0 N–H and O–H groups in total. The van der Waals surface area contributed by atoms with Crippen molar-refractivity contribution in [3.05, 3.63) is 79.3 Å². The Bertz CT molecular complexity index is 1450. The summed E-state index contributed by atoms with van der Waals surface area (Å²) in [7, 11) is 1.10. The Morgan fingerprint density at radius 2 is 1.70 bits per heavy atom. The first kappa shape index (κ1) is 31.0. The molecule has 3 atom stereocenters. The van der Waals surface area contributed by atoms with Crippen molar-refractivity contribution in [3.8, 4) is 0 Å². The summed E-state index contributed by atoms with van der Waals surface area (Å²) < 4.78 is 27.9. The highest BCUT2D eigenvalue weighted by Crippen LogP contribution is 2.39. The van der Waals surface area contributed by atoms with Gasteiger partial charge in [0.25, 0.3) is 8.32 Å². The van der Waals surface area contributed by atoms with Gasteiger partial charge in [-0.1, -0.05) is 81.4 Å². The van der Waals surface area contributed by atoms with Gasteiger partial charge in [0.2, 0.25) is 0 Å². The van der Waals surface area contributed by atoms with Crippen LogP contribution in [0.15, 0.2) is 84.2 Å². The largest absolute Gasteiger partial charge is 0.405 e. The third-order valence-electron chi connectivity index (χ3n) is 7.84. The number of nitrogens with zero attached hydrogens (tertiary/aromatic N) is 5. The summed E-state index contributed by atoms with van der Waals surface area (Å²) in [6, 6.07) is 23.3. The van der Waals surface area contributed by atoms with E-state index < -0.39 is 8.32 Å². The summed E-state index contributed by atoms with van der Waals surface area (Å²) >= 11 is 0. The Morgan fingerprint density at radius 1 is 1.02 bits per heavy atom. The molecule has 0 aliphatic carbocycles. The van der Waals surface area contributed by atoms with Gasteiger partial charge >= 0.3 is 0 Å². The smallest absolute Gasteiger partial charge is 0.261 e. The van der Waals surface area contributed by atoms with Gasteiger partial charge in [0, 0.05) is 33.3 Å². The molecule has 5 rings (SSSR count). The van der Waals surface area contributed by atoms with Crippen molar-refractivity contribution < 1.29 is 18.6 Å². The zero-order valence-corrected chi connectivity index (χ0v) is 27.0. The fourth-order valence-electron chi connectivity index (χ4n) is 5.85. The third-order valence-corrected chi connectivity index (χ3v) is 12.8. The van der Waals surface area contributed by atoms with E-state index in [-0.39, 0.29) is 30.3 Å². The minimum atomic E-state index is -2.76. The van der Waals surface area contributed by atoms with Gasteiger partial charge in [-0.25, -0.2) is 15.0 Å². The number of benzene rings is 2. The topological polar surface area (TPSA) is 83.2 Å². The molecule has 2 aromatic carbocycles. The van der Waals surface area contributed by atoms with Crippen LogP contribution in [-0.2, 0) is 18.6 Å². The minimum Gasteiger partial charge on any atom is -0.405 e. The van der Waals surface area contributed by atoms with Gasteiger partial charge in [-0.3, -0.25) is 0 Å². The van der Waals surface area contributed by atoms with E-state index in [4.69, 9.17) is 18.6 Å². The van der Waals surface area contributed by atoms with Gasteiger partial charge in [-0.05, 0) is 28.4 Å². The molecule has 1 saturated heterocycles. The monoisotopic (exact) mass is 601 g/mol. The van der Waals surface area contributed by atoms with Gasteiger partial charge in [0.1, 0.15) is 31.1 Å². The summed E-state index contributed by atoms with van der Waals surface area (Å²) in [6.07, 6.45) is 5.08. The van der Waals surface area contributed by atoms with E-state index in [0.717, 1.165) is 11.0 Å². The molecule has 0 bridgehead atoms. The number of ether oxygens (including phenoxy) is 3. The predicted octanol–water partition coefficient (Wildman–Crippen LogP) is 4.90. The number of hydrogen-bond acceptors (Lipinski definition) is 7. The van der Waals surface area contributed by atoms with Crippen LogP contribution >= 0.6 is 0 Å². The lowest BCUT2D eigenvalue weighted by Crippen LogP contribution is -2.67. The Morgan fingerprint density at radius 3 is 2.30 bits per heavy atom. The van der Waals surface area contributed by atoms with Crippen LogP contribution in [0.2, 0.25) is 5.04 Å². The second kappa shape index (κ2) is 13.5. The van der Waals surface area contributed by atoms with Gasteiger partial charge in [-0.2, -0.15) is 0 Å². The predicted molar refractivity (Wildman–Crippen MR) is 173 cm³/mol. The van der Waals surface area contributed by atoms with Crippen molar-refractivity contribution in [3.63, 3.8) is 0 Å². The van der Waals surface area contributed by atoms with Gasteiger partial charge in [0.15, 0.2) is 5.82 Å². The van der Waals surface area contributed by atoms with Crippen LogP contribution in [-0.4, -0.2) is 80.4 Å². The van der Waals surface area contributed by atoms with E-state index >= 15 is 0 Å². The van der Waals surface area contributed by atoms with Crippen molar-refractivity contribution in [2.45, 2.75) is 57.6 Å². The van der Waals surface area contributed by atoms with Crippen LogP contribution in [0.4, 0.5) is 5.82 Å². The van der Waals surface area contributed by atoms with E-state index in [0.29, 0.717) is 25.5 Å². The second-order valence-corrected chi connectivity index (χ2v) is 16.3. The van der Waals surface area contributed by atoms with Crippen LogP contribution in [0.5, 0.6) is 0 Å². The Hall–Kier alpha value is -3.41. The molecular formula is C33H43N5O4Si. The maximum Gasteiger partial charge on any atom is 0.261 e. The molecule has 43 heavy (non-hydrogen) atoms. The summed E-state index contributed by atoms with van der Waals surface area (Å²) in [4.78, 5) is 15.4. The highest BCUT2D eigenvalue weighted by Gasteiger charge is 2.51. The first-order valence-corrected chi connectivity index (χ1v) is 16.8. The number of aromatic nitrogens is 3. The molecule has 1 fully saturated rings. The summed E-state index contributed by atoms with van der Waals surface area (Å²) in [5, 5.41) is 3.18. The fourth-order valence-corrected chi connectivity index (χ4v) is 10.4. The normalized spacial score (nSPS) is 19.4. The number of rotatable bonds is 12. The molecule has 10 heteroatoms. The Kier molecular flexibility index (Phi) is 9.73. The average Bonchev–Trinajstić information content (AvgIpc) is 3.61. The van der Waals surface area contributed by atoms with Crippen molar-refractivity contribution in [2.24, 2.45) is 4.99 Å². The molecule has 0 radical (unpaired) electrons. The van der Waals surface area contributed by atoms with Crippen molar-refractivity contribution in [1.82, 2.24) is 19.4 Å². The third kappa shape index (κ3) is 6.58. The number of fused-ring (bicyclic) bond motifs is 1. The highest BCUT2D eigenvalue weighted by atomic mass is 28.4. The first-order chi connectivity index (χ1) is 20.7. The number of hydrogen-bond donors (Lipinski definition) is 0. The molecule has 228 valence electrons. The molecule has 9 nitrogen and oxygen atoms in total. The lowest BCUT2D eigenvalue weighted by molar-refractivity contribution is -0.115. The van der Waals surface area contributed by atoms with E-state index in [2.05, 4.69) is 96.4 Å². The van der Waals surface area contributed by atoms with Crippen LogP contribution in [0.3, 0.4) is 0 Å². The van der Waals surface area contributed by atoms with Crippen LogP contribution < -0.4 is 10.4 Å². The van der Waals surface area contributed by atoms with E-state index in [1.807, 2.05) is 42.7 Å². The maximum atomic E-state index is 7.25. The molecule has 1 aliphatic heterocycles. The van der Waals surface area contributed by atoms with E-state index in [1.54, 1.807) is 12.7 Å². The van der Waals surface area contributed by atoms with Gasteiger partial charge in [0.05, 0.1) is 24.4 Å². The van der Waals surface area contributed by atoms with Crippen molar-refractivity contribution in [1.29, 1.82) is 0 Å². The lowest BCUT2D eigenvalue weighted by atomic mass is 10.2. The Labute approximate surface area is 255 Å². The molecule has 1 aliphatic rings. The molecule has 0 spiro atoms. The minimum absolute atomic E-state index is 0.146. The van der Waals surface area contributed by atoms with E-state index in [9.17, 15) is 0 Å².